The van der Waals surface area contributed by atoms with Crippen LogP contribution in [0.4, 0.5) is 5.82 Å². The van der Waals surface area contributed by atoms with Crippen LogP contribution in [0.2, 0.25) is 0 Å². The Hall–Kier alpha value is -2.26. The van der Waals surface area contributed by atoms with Gasteiger partial charge in [0, 0.05) is 32.8 Å². The maximum atomic E-state index is 12.5. The first kappa shape index (κ1) is 16.2. The molecule has 2 fully saturated rings. The fraction of sp³-hybridized carbons (Fsp3) is 0.625. The van der Waals surface area contributed by atoms with Crippen molar-refractivity contribution in [2.45, 2.75) is 25.5 Å². The molecule has 0 saturated carbocycles. The number of hydrogen-bond acceptors (Lipinski definition) is 7. The normalized spacial score (nSPS) is 21.2. The van der Waals surface area contributed by atoms with E-state index < -0.39 is 0 Å². The van der Waals surface area contributed by atoms with Crippen molar-refractivity contribution in [3.05, 3.63) is 12.5 Å². The molecule has 2 aliphatic rings. The molecule has 0 aliphatic carbocycles. The lowest BCUT2D eigenvalue weighted by atomic mass is 10.2. The predicted octanol–water partition coefficient (Wildman–Crippen LogP) is -0.354. The van der Waals surface area contributed by atoms with Crippen molar-refractivity contribution in [3.8, 4) is 0 Å². The van der Waals surface area contributed by atoms with Crippen LogP contribution in [0.25, 0.3) is 11.0 Å². The number of aliphatic hydroxyl groups is 1. The number of nitrogens with zero attached hydrogens (tertiary/aromatic N) is 6. The first-order chi connectivity index (χ1) is 12.3. The number of rotatable bonds is 4. The molecule has 0 radical (unpaired) electrons. The topological polar surface area (TPSA) is 96.6 Å². The second-order valence-corrected chi connectivity index (χ2v) is 6.34. The molecular formula is C16H22N6O3. The highest BCUT2D eigenvalue weighted by atomic mass is 16.5. The number of aliphatic hydroxyl groups excluding tert-OH is 1. The number of amides is 1. The predicted molar refractivity (Wildman–Crippen MR) is 90.2 cm³/mol. The molecule has 1 N–H and O–H groups in total. The third-order valence-electron chi connectivity index (χ3n) is 4.82. The Bertz CT molecular complexity index is 749. The van der Waals surface area contributed by atoms with E-state index in [-0.39, 0.29) is 18.6 Å². The first-order valence-corrected chi connectivity index (χ1v) is 8.70. The van der Waals surface area contributed by atoms with Crippen LogP contribution in [0, 0.1) is 0 Å². The van der Waals surface area contributed by atoms with Gasteiger partial charge in [-0.05, 0) is 12.8 Å². The first-order valence-electron chi connectivity index (χ1n) is 8.70. The Labute approximate surface area is 145 Å². The fourth-order valence-corrected chi connectivity index (χ4v) is 3.51. The minimum atomic E-state index is -0.256. The molecule has 0 bridgehead atoms. The third kappa shape index (κ3) is 3.05. The Kier molecular flexibility index (Phi) is 4.50. The van der Waals surface area contributed by atoms with Gasteiger partial charge in [0.05, 0.1) is 24.7 Å². The van der Waals surface area contributed by atoms with Crippen molar-refractivity contribution >= 4 is 22.8 Å². The van der Waals surface area contributed by atoms with Gasteiger partial charge in [0.15, 0.2) is 5.65 Å². The molecule has 2 aliphatic heterocycles. The number of carbonyl (C=O) groups excluding carboxylic acids is 1. The summed E-state index contributed by atoms with van der Waals surface area (Å²) >= 11 is 0. The van der Waals surface area contributed by atoms with E-state index in [1.165, 1.54) is 6.33 Å². The molecule has 9 nitrogen and oxygen atoms in total. The molecule has 25 heavy (non-hydrogen) atoms. The van der Waals surface area contributed by atoms with Crippen LogP contribution in [0.5, 0.6) is 0 Å². The van der Waals surface area contributed by atoms with E-state index in [1.54, 1.807) is 10.9 Å². The molecule has 2 aromatic heterocycles. The Balaban J connectivity index is 1.47. The molecule has 4 heterocycles. The molecular weight excluding hydrogens is 324 g/mol. The van der Waals surface area contributed by atoms with Gasteiger partial charge in [0.1, 0.15) is 18.2 Å². The quantitative estimate of drug-likeness (QED) is 0.808. The summed E-state index contributed by atoms with van der Waals surface area (Å²) in [5, 5.41) is 14.3. The Morgan fingerprint density at radius 3 is 2.84 bits per heavy atom. The maximum absolute atomic E-state index is 12.5. The summed E-state index contributed by atoms with van der Waals surface area (Å²) in [5.74, 6) is 0.944. The lowest BCUT2D eigenvalue weighted by molar-refractivity contribution is -0.141. The average Bonchev–Trinajstić information content (AvgIpc) is 3.32. The number of fused-ring (bicyclic) bond motifs is 1. The van der Waals surface area contributed by atoms with Gasteiger partial charge in [-0.3, -0.25) is 4.79 Å². The van der Waals surface area contributed by atoms with E-state index in [1.807, 2.05) is 4.90 Å². The Morgan fingerprint density at radius 1 is 1.28 bits per heavy atom. The summed E-state index contributed by atoms with van der Waals surface area (Å²) in [4.78, 5) is 25.2. The summed E-state index contributed by atoms with van der Waals surface area (Å²) in [5.41, 5.74) is 0.719. The zero-order chi connectivity index (χ0) is 17.2. The highest BCUT2D eigenvalue weighted by molar-refractivity contribution is 5.87. The van der Waals surface area contributed by atoms with Crippen LogP contribution in [-0.2, 0) is 16.1 Å². The summed E-state index contributed by atoms with van der Waals surface area (Å²) < 4.78 is 7.18. The van der Waals surface area contributed by atoms with E-state index in [9.17, 15) is 4.79 Å². The second-order valence-electron chi connectivity index (χ2n) is 6.34. The highest BCUT2D eigenvalue weighted by Crippen LogP contribution is 2.24. The molecule has 134 valence electrons. The van der Waals surface area contributed by atoms with Gasteiger partial charge < -0.3 is 19.6 Å². The molecule has 1 amide bonds. The van der Waals surface area contributed by atoms with Crippen LogP contribution in [0.15, 0.2) is 12.5 Å². The van der Waals surface area contributed by atoms with Crippen molar-refractivity contribution in [1.29, 1.82) is 0 Å². The summed E-state index contributed by atoms with van der Waals surface area (Å²) in [7, 11) is 0. The van der Waals surface area contributed by atoms with Gasteiger partial charge in [0.25, 0.3) is 5.91 Å². The van der Waals surface area contributed by atoms with Crippen molar-refractivity contribution in [3.63, 3.8) is 0 Å². The third-order valence-corrected chi connectivity index (χ3v) is 4.82. The molecule has 0 spiro atoms. The van der Waals surface area contributed by atoms with E-state index in [0.29, 0.717) is 26.2 Å². The number of carbonyl (C=O) groups is 1. The lowest BCUT2D eigenvalue weighted by Crippen LogP contribution is -2.51. The Morgan fingerprint density at radius 2 is 2.12 bits per heavy atom. The number of piperazine rings is 1. The van der Waals surface area contributed by atoms with Crippen molar-refractivity contribution in [2.24, 2.45) is 0 Å². The zero-order valence-electron chi connectivity index (χ0n) is 14.0. The summed E-state index contributed by atoms with van der Waals surface area (Å²) in [6.07, 6.45) is 4.80. The van der Waals surface area contributed by atoms with Gasteiger partial charge in [-0.1, -0.05) is 0 Å². The van der Waals surface area contributed by atoms with E-state index in [4.69, 9.17) is 9.84 Å². The largest absolute Gasteiger partial charge is 0.394 e. The number of ether oxygens (including phenoxy) is 1. The molecule has 0 unspecified atom stereocenters. The lowest BCUT2D eigenvalue weighted by Gasteiger charge is -2.36. The van der Waals surface area contributed by atoms with Gasteiger partial charge in [-0.15, -0.1) is 0 Å². The van der Waals surface area contributed by atoms with Crippen molar-refractivity contribution in [1.82, 2.24) is 24.6 Å². The molecule has 0 aromatic carbocycles. The van der Waals surface area contributed by atoms with Gasteiger partial charge in [-0.2, -0.15) is 5.10 Å². The maximum Gasteiger partial charge on any atom is 0.251 e. The number of aromatic nitrogens is 4. The van der Waals surface area contributed by atoms with Crippen LogP contribution in [0.3, 0.4) is 0 Å². The monoisotopic (exact) mass is 346 g/mol. The molecule has 4 rings (SSSR count). The minimum Gasteiger partial charge on any atom is -0.394 e. The van der Waals surface area contributed by atoms with E-state index in [2.05, 4.69) is 20.0 Å². The van der Waals surface area contributed by atoms with E-state index in [0.717, 1.165) is 42.8 Å². The molecule has 2 aromatic rings. The molecule has 9 heteroatoms. The minimum absolute atomic E-state index is 0.0140. The summed E-state index contributed by atoms with van der Waals surface area (Å²) in [6, 6.07) is 0. The van der Waals surface area contributed by atoms with Crippen LogP contribution >= 0.6 is 0 Å². The number of hydrogen-bond donors (Lipinski definition) is 1. The van der Waals surface area contributed by atoms with E-state index >= 15 is 0 Å². The van der Waals surface area contributed by atoms with Crippen LogP contribution in [-0.4, -0.2) is 81.2 Å². The molecule has 2 saturated heterocycles. The zero-order valence-corrected chi connectivity index (χ0v) is 14.0. The number of anilines is 1. The molecule has 1 atom stereocenters. The van der Waals surface area contributed by atoms with Crippen LogP contribution in [0.1, 0.15) is 12.8 Å². The van der Waals surface area contributed by atoms with Gasteiger partial charge in [-0.25, -0.2) is 14.6 Å². The summed E-state index contributed by atoms with van der Waals surface area (Å²) in [6.45, 7) is 3.87. The smallest absolute Gasteiger partial charge is 0.251 e. The van der Waals surface area contributed by atoms with Crippen molar-refractivity contribution < 1.29 is 14.6 Å². The van der Waals surface area contributed by atoms with Gasteiger partial charge >= 0.3 is 0 Å². The van der Waals surface area contributed by atoms with Crippen molar-refractivity contribution in [2.75, 3.05) is 44.3 Å². The van der Waals surface area contributed by atoms with Crippen LogP contribution < -0.4 is 4.90 Å². The fourth-order valence-electron chi connectivity index (χ4n) is 3.51. The van der Waals surface area contributed by atoms with Gasteiger partial charge in [0.2, 0.25) is 0 Å². The highest BCUT2D eigenvalue weighted by Gasteiger charge is 2.31. The SMILES string of the molecule is O=C([C@@H]1CCCO1)N1CCN(c2ncnc3c2cnn3CCO)CC1. The standard InChI is InChI=1S/C16H22N6O3/c23-8-7-22-15-12(10-19-22)14(17-11-18-15)20-3-5-21(6-4-20)16(24)13-2-1-9-25-13/h10-11,13,23H,1-9H2/t13-/m0/s1. The second kappa shape index (κ2) is 6.93. The average molecular weight is 346 g/mol.